The van der Waals surface area contributed by atoms with Crippen LogP contribution in [0.25, 0.3) is 17.4 Å². The van der Waals surface area contributed by atoms with Gasteiger partial charge in [-0.05, 0) is 54.5 Å². The monoisotopic (exact) mass is 363 g/mol. The summed E-state index contributed by atoms with van der Waals surface area (Å²) in [6.07, 6.45) is 3.23. The summed E-state index contributed by atoms with van der Waals surface area (Å²) in [7, 11) is 1.61. The van der Waals surface area contributed by atoms with Crippen molar-refractivity contribution < 1.29 is 19.1 Å². The van der Waals surface area contributed by atoms with Gasteiger partial charge >= 0.3 is 0 Å². The van der Waals surface area contributed by atoms with E-state index >= 15 is 0 Å². The second-order valence-corrected chi connectivity index (χ2v) is 6.05. The van der Waals surface area contributed by atoms with Crippen LogP contribution >= 0.6 is 0 Å². The Labute approximate surface area is 157 Å². The lowest BCUT2D eigenvalue weighted by molar-refractivity contribution is -0.111. The first-order chi connectivity index (χ1) is 13.1. The summed E-state index contributed by atoms with van der Waals surface area (Å²) in [6, 6.07) is 16.7. The van der Waals surface area contributed by atoms with E-state index in [1.165, 1.54) is 6.08 Å². The number of aliphatic hydroxyl groups is 1. The average molecular weight is 363 g/mol. The molecule has 138 valence electrons. The second kappa shape index (κ2) is 8.38. The molecule has 0 saturated heterocycles. The Hall–Kier alpha value is -3.31. The number of methoxy groups -OCH3 is 1. The zero-order valence-electron chi connectivity index (χ0n) is 15.2. The van der Waals surface area contributed by atoms with Crippen molar-refractivity contribution in [1.29, 1.82) is 0 Å². The smallest absolute Gasteiger partial charge is 0.248 e. The summed E-state index contributed by atoms with van der Waals surface area (Å²) in [6.45, 7) is 1.78. The predicted molar refractivity (Wildman–Crippen MR) is 105 cm³/mol. The van der Waals surface area contributed by atoms with E-state index in [0.717, 1.165) is 22.4 Å². The quantitative estimate of drug-likeness (QED) is 0.637. The Morgan fingerprint density at radius 1 is 1.15 bits per heavy atom. The summed E-state index contributed by atoms with van der Waals surface area (Å²) < 4.78 is 10.7. The van der Waals surface area contributed by atoms with Crippen LogP contribution in [0, 0.1) is 6.92 Å². The molecule has 1 heterocycles. The minimum Gasteiger partial charge on any atom is -0.497 e. The molecular weight excluding hydrogens is 342 g/mol. The van der Waals surface area contributed by atoms with Crippen molar-refractivity contribution >= 4 is 17.7 Å². The number of anilines is 1. The molecular formula is C22H21NO4. The zero-order chi connectivity index (χ0) is 19.2. The topological polar surface area (TPSA) is 71.7 Å². The van der Waals surface area contributed by atoms with Crippen molar-refractivity contribution in [3.8, 4) is 17.1 Å². The van der Waals surface area contributed by atoms with Gasteiger partial charge in [-0.25, -0.2) is 0 Å². The molecule has 0 bridgehead atoms. The molecule has 27 heavy (non-hydrogen) atoms. The third-order valence-corrected chi connectivity index (χ3v) is 4.14. The maximum absolute atomic E-state index is 12.3. The van der Waals surface area contributed by atoms with Crippen molar-refractivity contribution in [2.75, 3.05) is 12.4 Å². The number of rotatable bonds is 6. The number of carbonyl (C=O) groups is 1. The highest BCUT2D eigenvalue weighted by molar-refractivity contribution is 6.02. The fraction of sp³-hybridized carbons (Fsp3) is 0.136. The van der Waals surface area contributed by atoms with Gasteiger partial charge < -0.3 is 19.6 Å². The Kier molecular flexibility index (Phi) is 5.74. The minimum absolute atomic E-state index is 0.147. The molecule has 2 aromatic carbocycles. The standard InChI is InChI=1S/C22H21NO4/c1-15-3-7-17(21-11-10-19(14-24)27-21)13-20(15)23-22(25)12-6-16-4-8-18(26-2)9-5-16/h3-13,24H,14H2,1-2H3,(H,23,25)/b12-6+. The van der Waals surface area contributed by atoms with Gasteiger partial charge in [-0.15, -0.1) is 0 Å². The lowest BCUT2D eigenvalue weighted by Gasteiger charge is -2.08. The van der Waals surface area contributed by atoms with E-state index in [9.17, 15) is 4.79 Å². The predicted octanol–water partition coefficient (Wildman–Crippen LogP) is 4.41. The Balaban J connectivity index is 1.72. The van der Waals surface area contributed by atoms with Crippen LogP contribution in [-0.4, -0.2) is 18.1 Å². The van der Waals surface area contributed by atoms with Gasteiger partial charge in [0.05, 0.1) is 7.11 Å². The van der Waals surface area contributed by atoms with E-state index < -0.39 is 0 Å². The first-order valence-corrected chi connectivity index (χ1v) is 8.53. The molecule has 0 saturated carbocycles. The molecule has 3 aromatic rings. The normalized spacial score (nSPS) is 10.9. The van der Waals surface area contributed by atoms with Crippen molar-refractivity contribution in [2.45, 2.75) is 13.5 Å². The van der Waals surface area contributed by atoms with Gasteiger partial charge in [0.2, 0.25) is 5.91 Å². The minimum atomic E-state index is -0.221. The Bertz CT molecular complexity index is 955. The molecule has 0 spiro atoms. The number of carbonyl (C=O) groups excluding carboxylic acids is 1. The molecule has 0 aliphatic heterocycles. The summed E-state index contributed by atoms with van der Waals surface area (Å²) >= 11 is 0. The molecule has 1 amide bonds. The number of nitrogens with one attached hydrogen (secondary N) is 1. The maximum Gasteiger partial charge on any atom is 0.248 e. The fourth-order valence-electron chi connectivity index (χ4n) is 2.59. The number of ether oxygens (including phenoxy) is 1. The number of hydrogen-bond donors (Lipinski definition) is 2. The van der Waals surface area contributed by atoms with Crippen LogP contribution in [0.4, 0.5) is 5.69 Å². The number of aliphatic hydroxyl groups excluding tert-OH is 1. The highest BCUT2D eigenvalue weighted by Crippen LogP contribution is 2.27. The molecule has 0 atom stereocenters. The van der Waals surface area contributed by atoms with Crippen molar-refractivity contribution in [1.82, 2.24) is 0 Å². The van der Waals surface area contributed by atoms with Crippen LogP contribution < -0.4 is 10.1 Å². The summed E-state index contributed by atoms with van der Waals surface area (Å²) in [4.78, 5) is 12.3. The lowest BCUT2D eigenvalue weighted by atomic mass is 10.1. The van der Waals surface area contributed by atoms with Crippen LogP contribution in [-0.2, 0) is 11.4 Å². The van der Waals surface area contributed by atoms with Gasteiger partial charge in [0.15, 0.2) is 0 Å². The summed E-state index contributed by atoms with van der Waals surface area (Å²) in [5.74, 6) is 1.69. The molecule has 0 aliphatic carbocycles. The molecule has 0 unspecified atom stereocenters. The van der Waals surface area contributed by atoms with E-state index in [2.05, 4.69) is 5.32 Å². The molecule has 2 N–H and O–H groups in total. The van der Waals surface area contributed by atoms with Crippen LogP contribution in [0.5, 0.6) is 5.75 Å². The Morgan fingerprint density at radius 3 is 2.59 bits per heavy atom. The third kappa shape index (κ3) is 4.65. The highest BCUT2D eigenvalue weighted by atomic mass is 16.5. The van der Waals surface area contributed by atoms with E-state index in [1.807, 2.05) is 49.4 Å². The number of aryl methyl sites for hydroxylation is 1. The molecule has 3 rings (SSSR count). The van der Waals surface area contributed by atoms with Crippen LogP contribution in [0.1, 0.15) is 16.9 Å². The van der Waals surface area contributed by atoms with Gasteiger partial charge in [-0.3, -0.25) is 4.79 Å². The molecule has 0 aliphatic rings. The van der Waals surface area contributed by atoms with Gasteiger partial charge in [-0.2, -0.15) is 0 Å². The SMILES string of the molecule is COc1ccc(/C=C/C(=O)Nc2cc(-c3ccc(CO)o3)ccc2C)cc1. The van der Waals surface area contributed by atoms with Crippen LogP contribution in [0.2, 0.25) is 0 Å². The van der Waals surface area contributed by atoms with Crippen LogP contribution in [0.3, 0.4) is 0 Å². The van der Waals surface area contributed by atoms with E-state index in [4.69, 9.17) is 14.3 Å². The molecule has 0 fully saturated rings. The summed E-state index contributed by atoms with van der Waals surface area (Å²) in [5.41, 5.74) is 3.39. The number of amides is 1. The molecule has 1 aromatic heterocycles. The van der Waals surface area contributed by atoms with E-state index in [1.54, 1.807) is 25.3 Å². The number of benzene rings is 2. The van der Waals surface area contributed by atoms with E-state index in [-0.39, 0.29) is 12.5 Å². The van der Waals surface area contributed by atoms with Gasteiger partial charge in [0.25, 0.3) is 0 Å². The molecule has 0 radical (unpaired) electrons. The third-order valence-electron chi connectivity index (χ3n) is 4.14. The first kappa shape index (κ1) is 18.5. The Morgan fingerprint density at radius 2 is 1.93 bits per heavy atom. The maximum atomic E-state index is 12.3. The molecule has 5 nitrogen and oxygen atoms in total. The van der Waals surface area contributed by atoms with E-state index in [0.29, 0.717) is 17.2 Å². The molecule has 5 heteroatoms. The average Bonchev–Trinajstić information content (AvgIpc) is 3.18. The van der Waals surface area contributed by atoms with Gasteiger partial charge in [-0.1, -0.05) is 24.3 Å². The zero-order valence-corrected chi connectivity index (χ0v) is 15.2. The summed E-state index contributed by atoms with van der Waals surface area (Å²) in [5, 5.41) is 12.0. The van der Waals surface area contributed by atoms with Crippen LogP contribution in [0.15, 0.2) is 65.1 Å². The van der Waals surface area contributed by atoms with Crippen molar-refractivity contribution in [3.63, 3.8) is 0 Å². The first-order valence-electron chi connectivity index (χ1n) is 8.53. The van der Waals surface area contributed by atoms with Gasteiger partial charge in [0, 0.05) is 17.3 Å². The largest absolute Gasteiger partial charge is 0.497 e. The van der Waals surface area contributed by atoms with Gasteiger partial charge in [0.1, 0.15) is 23.9 Å². The second-order valence-electron chi connectivity index (χ2n) is 6.05. The highest BCUT2D eigenvalue weighted by Gasteiger charge is 2.08. The lowest BCUT2D eigenvalue weighted by Crippen LogP contribution is -2.09. The number of hydrogen-bond acceptors (Lipinski definition) is 4. The fourth-order valence-corrected chi connectivity index (χ4v) is 2.59. The number of furan rings is 1. The van der Waals surface area contributed by atoms with Crippen molar-refractivity contribution in [2.24, 2.45) is 0 Å². The van der Waals surface area contributed by atoms with Crippen molar-refractivity contribution in [3.05, 3.63) is 77.6 Å².